The Kier molecular flexibility index (Phi) is 2.94. The first-order valence-corrected chi connectivity index (χ1v) is 6.13. The SMILES string of the molecule is C(#Cc1ccccn1)C1=Cc2ccccc2CC1. The number of hydrogen-bond acceptors (Lipinski definition) is 1. The van der Waals surface area contributed by atoms with E-state index in [-0.39, 0.29) is 0 Å². The standard InChI is InChI=1S/C17H13N/c1-2-6-16-13-14(8-10-15(16)5-1)9-11-17-7-3-4-12-18-17/h1-7,12-13H,8,10H2. The molecule has 1 nitrogen and oxygen atoms in total. The molecule has 1 aromatic heterocycles. The van der Waals surface area contributed by atoms with Crippen LogP contribution < -0.4 is 0 Å². The molecular weight excluding hydrogens is 218 g/mol. The highest BCUT2D eigenvalue weighted by Gasteiger charge is 2.07. The maximum Gasteiger partial charge on any atom is 0.113 e. The minimum Gasteiger partial charge on any atom is -0.248 e. The van der Waals surface area contributed by atoms with E-state index in [4.69, 9.17) is 0 Å². The van der Waals surface area contributed by atoms with Gasteiger partial charge >= 0.3 is 0 Å². The van der Waals surface area contributed by atoms with Crippen LogP contribution in [0.15, 0.2) is 54.2 Å². The molecule has 3 rings (SSSR count). The molecule has 0 saturated carbocycles. The summed E-state index contributed by atoms with van der Waals surface area (Å²) in [6.07, 6.45) is 6.07. The molecule has 1 aliphatic carbocycles. The summed E-state index contributed by atoms with van der Waals surface area (Å²) >= 11 is 0. The zero-order valence-electron chi connectivity index (χ0n) is 10.1. The number of rotatable bonds is 0. The molecule has 1 aliphatic rings. The summed E-state index contributed by atoms with van der Waals surface area (Å²) in [6, 6.07) is 14.3. The molecule has 86 valence electrons. The fourth-order valence-electron chi connectivity index (χ4n) is 2.11. The first kappa shape index (κ1) is 10.8. The lowest BCUT2D eigenvalue weighted by Crippen LogP contribution is -1.97. The van der Waals surface area contributed by atoms with E-state index >= 15 is 0 Å². The normalized spacial score (nSPS) is 13.0. The van der Waals surface area contributed by atoms with E-state index in [2.05, 4.69) is 47.2 Å². The molecule has 0 aliphatic heterocycles. The highest BCUT2D eigenvalue weighted by molar-refractivity contribution is 5.64. The molecule has 0 N–H and O–H groups in total. The van der Waals surface area contributed by atoms with Gasteiger partial charge in [0.05, 0.1) is 0 Å². The van der Waals surface area contributed by atoms with Crippen LogP contribution in [0.25, 0.3) is 6.08 Å². The molecule has 0 saturated heterocycles. The minimum atomic E-state index is 0.831. The fraction of sp³-hybridized carbons (Fsp3) is 0.118. The number of hydrogen-bond donors (Lipinski definition) is 0. The summed E-state index contributed by atoms with van der Waals surface area (Å²) < 4.78 is 0. The first-order chi connectivity index (χ1) is 8.92. The third kappa shape index (κ3) is 2.33. The van der Waals surface area contributed by atoms with Crippen molar-refractivity contribution < 1.29 is 0 Å². The van der Waals surface area contributed by atoms with Crippen molar-refractivity contribution in [1.82, 2.24) is 4.98 Å². The van der Waals surface area contributed by atoms with Crippen LogP contribution in [0.3, 0.4) is 0 Å². The van der Waals surface area contributed by atoms with Crippen molar-refractivity contribution in [1.29, 1.82) is 0 Å². The molecule has 0 fully saturated rings. The van der Waals surface area contributed by atoms with Crippen molar-refractivity contribution in [3.8, 4) is 11.8 Å². The Morgan fingerprint density at radius 1 is 0.889 bits per heavy atom. The molecule has 1 heterocycles. The van der Waals surface area contributed by atoms with Crippen molar-refractivity contribution in [2.75, 3.05) is 0 Å². The van der Waals surface area contributed by atoms with Gasteiger partial charge in [0.1, 0.15) is 5.69 Å². The largest absolute Gasteiger partial charge is 0.248 e. The highest BCUT2D eigenvalue weighted by Crippen LogP contribution is 2.22. The van der Waals surface area contributed by atoms with Gasteiger partial charge in [0.25, 0.3) is 0 Å². The quantitative estimate of drug-likeness (QED) is 0.633. The van der Waals surface area contributed by atoms with E-state index in [0.29, 0.717) is 0 Å². The summed E-state index contributed by atoms with van der Waals surface area (Å²) in [4.78, 5) is 4.21. The summed E-state index contributed by atoms with van der Waals surface area (Å²) in [5, 5.41) is 0. The lowest BCUT2D eigenvalue weighted by atomic mass is 9.92. The Morgan fingerprint density at radius 3 is 2.67 bits per heavy atom. The molecule has 2 aromatic rings. The van der Waals surface area contributed by atoms with Gasteiger partial charge in [-0.05, 0) is 48.1 Å². The Bertz CT molecular complexity index is 642. The Balaban J connectivity index is 1.88. The number of pyridine rings is 1. The monoisotopic (exact) mass is 231 g/mol. The van der Waals surface area contributed by atoms with Gasteiger partial charge in [-0.25, -0.2) is 4.98 Å². The summed E-state index contributed by atoms with van der Waals surface area (Å²) in [5.41, 5.74) is 4.74. The number of fused-ring (bicyclic) bond motifs is 1. The lowest BCUT2D eigenvalue weighted by Gasteiger charge is -2.12. The molecule has 1 heteroatoms. The number of benzene rings is 1. The van der Waals surface area contributed by atoms with Crippen molar-refractivity contribution in [3.63, 3.8) is 0 Å². The summed E-state index contributed by atoms with van der Waals surface area (Å²) in [5.74, 6) is 6.34. The second-order valence-electron chi connectivity index (χ2n) is 4.33. The van der Waals surface area contributed by atoms with Gasteiger partial charge in [-0.15, -0.1) is 0 Å². The summed E-state index contributed by atoms with van der Waals surface area (Å²) in [6.45, 7) is 0. The minimum absolute atomic E-state index is 0.831. The Labute approximate surface area is 107 Å². The van der Waals surface area contributed by atoms with Crippen LogP contribution in [-0.4, -0.2) is 4.98 Å². The smallest absolute Gasteiger partial charge is 0.113 e. The zero-order chi connectivity index (χ0) is 12.2. The van der Waals surface area contributed by atoms with Gasteiger partial charge in [0.15, 0.2) is 0 Å². The van der Waals surface area contributed by atoms with Crippen molar-refractivity contribution in [2.45, 2.75) is 12.8 Å². The molecule has 0 bridgehead atoms. The molecule has 0 atom stereocenters. The third-order valence-corrected chi connectivity index (χ3v) is 3.06. The van der Waals surface area contributed by atoms with E-state index in [9.17, 15) is 0 Å². The van der Waals surface area contributed by atoms with Crippen LogP contribution in [-0.2, 0) is 6.42 Å². The molecule has 0 spiro atoms. The fourth-order valence-corrected chi connectivity index (χ4v) is 2.11. The number of nitrogens with zero attached hydrogens (tertiary/aromatic N) is 1. The van der Waals surface area contributed by atoms with Crippen molar-refractivity contribution in [2.24, 2.45) is 0 Å². The second-order valence-corrected chi connectivity index (χ2v) is 4.33. The third-order valence-electron chi connectivity index (χ3n) is 3.06. The molecule has 1 aromatic carbocycles. The molecule has 18 heavy (non-hydrogen) atoms. The topological polar surface area (TPSA) is 12.9 Å². The summed E-state index contributed by atoms with van der Waals surface area (Å²) in [7, 11) is 0. The zero-order valence-corrected chi connectivity index (χ0v) is 10.1. The maximum absolute atomic E-state index is 4.21. The van der Waals surface area contributed by atoms with Gasteiger partial charge in [-0.3, -0.25) is 0 Å². The van der Waals surface area contributed by atoms with Crippen LogP contribution in [0.4, 0.5) is 0 Å². The van der Waals surface area contributed by atoms with Crippen LogP contribution in [0, 0.1) is 11.8 Å². The predicted molar refractivity (Wildman–Crippen MR) is 73.9 cm³/mol. The van der Waals surface area contributed by atoms with Crippen molar-refractivity contribution >= 4 is 6.08 Å². The predicted octanol–water partition coefficient (Wildman–Crippen LogP) is 3.46. The molecular formula is C17H13N. The van der Waals surface area contributed by atoms with E-state index < -0.39 is 0 Å². The van der Waals surface area contributed by atoms with Crippen LogP contribution in [0.1, 0.15) is 23.2 Å². The number of aromatic nitrogens is 1. The van der Waals surface area contributed by atoms with Crippen molar-refractivity contribution in [3.05, 3.63) is 71.1 Å². The van der Waals surface area contributed by atoms with E-state index in [1.54, 1.807) is 6.20 Å². The van der Waals surface area contributed by atoms with Gasteiger partial charge in [0.2, 0.25) is 0 Å². The number of aryl methyl sites for hydroxylation is 1. The second kappa shape index (κ2) is 4.89. The highest BCUT2D eigenvalue weighted by atomic mass is 14.6. The van der Waals surface area contributed by atoms with E-state index in [1.807, 2.05) is 18.2 Å². The van der Waals surface area contributed by atoms with Gasteiger partial charge < -0.3 is 0 Å². The lowest BCUT2D eigenvalue weighted by molar-refractivity contribution is 0.957. The van der Waals surface area contributed by atoms with Gasteiger partial charge in [0, 0.05) is 11.8 Å². The Morgan fingerprint density at radius 2 is 1.78 bits per heavy atom. The molecule has 0 radical (unpaired) electrons. The Hall–Kier alpha value is -2.33. The van der Waals surface area contributed by atoms with Gasteiger partial charge in [-0.2, -0.15) is 0 Å². The van der Waals surface area contributed by atoms with Crippen LogP contribution in [0.2, 0.25) is 0 Å². The average Bonchev–Trinajstić information content (AvgIpc) is 2.46. The van der Waals surface area contributed by atoms with Crippen LogP contribution >= 0.6 is 0 Å². The molecule has 0 unspecified atom stereocenters. The first-order valence-electron chi connectivity index (χ1n) is 6.13. The van der Waals surface area contributed by atoms with E-state index in [0.717, 1.165) is 18.5 Å². The maximum atomic E-state index is 4.21. The number of allylic oxidation sites excluding steroid dienone is 1. The van der Waals surface area contributed by atoms with Gasteiger partial charge in [-0.1, -0.05) is 36.3 Å². The van der Waals surface area contributed by atoms with E-state index in [1.165, 1.54) is 16.7 Å². The molecule has 0 amide bonds. The van der Waals surface area contributed by atoms with Crippen LogP contribution in [0.5, 0.6) is 0 Å². The average molecular weight is 231 g/mol.